The Hall–Kier alpha value is -1.16. The zero-order chi connectivity index (χ0) is 13.1. The van der Waals surface area contributed by atoms with Crippen molar-refractivity contribution in [2.75, 3.05) is 5.32 Å². The number of amides is 1. The first-order valence-corrected chi connectivity index (χ1v) is 6.32. The lowest BCUT2D eigenvalue weighted by Gasteiger charge is -2.07. The van der Waals surface area contributed by atoms with Gasteiger partial charge in [-0.25, -0.2) is 0 Å². The average molecular weight is 298 g/mol. The first-order valence-electron chi connectivity index (χ1n) is 5.12. The van der Waals surface area contributed by atoms with Crippen molar-refractivity contribution < 1.29 is 4.79 Å². The summed E-state index contributed by atoms with van der Waals surface area (Å²) in [5, 5.41) is 3.74. The van der Waals surface area contributed by atoms with Gasteiger partial charge in [0.15, 0.2) is 0 Å². The topological polar surface area (TPSA) is 29.1 Å². The van der Waals surface area contributed by atoms with E-state index < -0.39 is 0 Å². The van der Waals surface area contributed by atoms with Crippen LogP contribution >= 0.6 is 35.8 Å². The van der Waals surface area contributed by atoms with Crippen LogP contribution in [0, 0.1) is 0 Å². The lowest BCUT2D eigenvalue weighted by molar-refractivity contribution is 0.102. The van der Waals surface area contributed by atoms with Crippen LogP contribution in [0.3, 0.4) is 0 Å². The molecule has 18 heavy (non-hydrogen) atoms. The minimum absolute atomic E-state index is 0.279. The molecule has 0 aliphatic heterocycles. The van der Waals surface area contributed by atoms with Crippen LogP contribution in [0.15, 0.2) is 47.4 Å². The standard InChI is InChI=1S/C13H9Cl2NOS/c14-8-1-3-9(4-2-8)16-13(17)11-7-10(18)5-6-12(11)15/h1-7,18H,(H,16,17). The minimum atomic E-state index is -0.279. The number of rotatable bonds is 2. The molecule has 0 radical (unpaired) electrons. The fraction of sp³-hybridized carbons (Fsp3) is 0. The van der Waals surface area contributed by atoms with Gasteiger partial charge < -0.3 is 5.32 Å². The summed E-state index contributed by atoms with van der Waals surface area (Å²) >= 11 is 15.9. The highest BCUT2D eigenvalue weighted by atomic mass is 35.5. The van der Waals surface area contributed by atoms with E-state index in [1.807, 2.05) is 0 Å². The molecule has 1 amide bonds. The van der Waals surface area contributed by atoms with Crippen molar-refractivity contribution in [1.29, 1.82) is 0 Å². The summed E-state index contributed by atoms with van der Waals surface area (Å²) in [6, 6.07) is 11.8. The fourth-order valence-corrected chi connectivity index (χ4v) is 1.95. The van der Waals surface area contributed by atoms with Crippen molar-refractivity contribution in [3.8, 4) is 0 Å². The number of thiol groups is 1. The monoisotopic (exact) mass is 297 g/mol. The Bertz CT molecular complexity index is 584. The van der Waals surface area contributed by atoms with Gasteiger partial charge in [-0.1, -0.05) is 23.2 Å². The van der Waals surface area contributed by atoms with E-state index in [0.717, 1.165) is 0 Å². The van der Waals surface area contributed by atoms with Gasteiger partial charge in [0, 0.05) is 15.6 Å². The zero-order valence-corrected chi connectivity index (χ0v) is 11.6. The summed E-state index contributed by atoms with van der Waals surface area (Å²) in [6.07, 6.45) is 0. The molecule has 0 heterocycles. The molecule has 1 N–H and O–H groups in total. The average Bonchev–Trinajstić information content (AvgIpc) is 2.35. The molecule has 5 heteroatoms. The third kappa shape index (κ3) is 3.19. The Morgan fingerprint density at radius 1 is 1.06 bits per heavy atom. The lowest BCUT2D eigenvalue weighted by atomic mass is 10.2. The summed E-state index contributed by atoms with van der Waals surface area (Å²) < 4.78 is 0. The van der Waals surface area contributed by atoms with Crippen molar-refractivity contribution in [2.24, 2.45) is 0 Å². The van der Waals surface area contributed by atoms with Gasteiger partial charge in [-0.15, -0.1) is 12.6 Å². The Balaban J connectivity index is 2.21. The first-order chi connectivity index (χ1) is 8.56. The molecule has 2 rings (SSSR count). The molecule has 0 aliphatic rings. The highest BCUT2D eigenvalue weighted by Crippen LogP contribution is 2.21. The van der Waals surface area contributed by atoms with Crippen molar-refractivity contribution >= 4 is 47.4 Å². The minimum Gasteiger partial charge on any atom is -0.322 e. The number of anilines is 1. The van der Waals surface area contributed by atoms with Gasteiger partial charge in [-0.05, 0) is 42.5 Å². The molecule has 0 aliphatic carbocycles. The van der Waals surface area contributed by atoms with E-state index in [1.165, 1.54) is 0 Å². The molecule has 0 bridgehead atoms. The normalized spacial score (nSPS) is 10.2. The third-order valence-corrected chi connectivity index (χ3v) is 3.16. The van der Waals surface area contributed by atoms with Gasteiger partial charge in [0.2, 0.25) is 0 Å². The van der Waals surface area contributed by atoms with Crippen LogP contribution in [0.1, 0.15) is 10.4 Å². The highest BCUT2D eigenvalue weighted by molar-refractivity contribution is 7.80. The molecule has 0 spiro atoms. The second-order valence-corrected chi connectivity index (χ2v) is 4.99. The number of carbonyl (C=O) groups excluding carboxylic acids is 1. The molecule has 0 saturated carbocycles. The Morgan fingerprint density at radius 2 is 1.72 bits per heavy atom. The van der Waals surface area contributed by atoms with Crippen molar-refractivity contribution in [3.05, 3.63) is 58.1 Å². The number of nitrogens with one attached hydrogen (secondary N) is 1. The van der Waals surface area contributed by atoms with E-state index in [9.17, 15) is 4.79 Å². The third-order valence-electron chi connectivity index (χ3n) is 2.30. The Labute approximate surface area is 120 Å². The maximum Gasteiger partial charge on any atom is 0.257 e. The molecule has 0 fully saturated rings. The number of halogens is 2. The molecule has 0 saturated heterocycles. The fourth-order valence-electron chi connectivity index (χ4n) is 1.42. The maximum atomic E-state index is 12.0. The number of hydrogen-bond donors (Lipinski definition) is 2. The SMILES string of the molecule is O=C(Nc1ccc(Cl)cc1)c1cc(S)ccc1Cl. The van der Waals surface area contributed by atoms with Crippen LogP contribution in [-0.4, -0.2) is 5.91 Å². The van der Waals surface area contributed by atoms with Crippen LogP contribution in [0.25, 0.3) is 0 Å². The van der Waals surface area contributed by atoms with Gasteiger partial charge in [-0.2, -0.15) is 0 Å². The van der Waals surface area contributed by atoms with Crippen molar-refractivity contribution in [1.82, 2.24) is 0 Å². The Morgan fingerprint density at radius 3 is 2.39 bits per heavy atom. The highest BCUT2D eigenvalue weighted by Gasteiger charge is 2.10. The van der Waals surface area contributed by atoms with E-state index in [-0.39, 0.29) is 5.91 Å². The number of benzene rings is 2. The maximum absolute atomic E-state index is 12.0. The quantitative estimate of drug-likeness (QED) is 0.783. The molecule has 2 aromatic carbocycles. The van der Waals surface area contributed by atoms with Crippen LogP contribution in [0.2, 0.25) is 10.0 Å². The molecular weight excluding hydrogens is 289 g/mol. The van der Waals surface area contributed by atoms with Gasteiger partial charge in [0.25, 0.3) is 5.91 Å². The van der Waals surface area contributed by atoms with E-state index >= 15 is 0 Å². The van der Waals surface area contributed by atoms with Gasteiger partial charge in [-0.3, -0.25) is 4.79 Å². The smallest absolute Gasteiger partial charge is 0.257 e. The molecule has 0 atom stereocenters. The predicted molar refractivity (Wildman–Crippen MR) is 78.1 cm³/mol. The van der Waals surface area contributed by atoms with E-state index in [1.54, 1.807) is 42.5 Å². The molecule has 0 aromatic heterocycles. The van der Waals surface area contributed by atoms with Gasteiger partial charge in [0.1, 0.15) is 0 Å². The van der Waals surface area contributed by atoms with Crippen LogP contribution < -0.4 is 5.32 Å². The molecule has 2 aromatic rings. The van der Waals surface area contributed by atoms with E-state index in [0.29, 0.717) is 26.2 Å². The summed E-state index contributed by atoms with van der Waals surface area (Å²) in [6.45, 7) is 0. The number of carbonyl (C=O) groups is 1. The summed E-state index contributed by atoms with van der Waals surface area (Å²) in [5.74, 6) is -0.279. The molecular formula is C13H9Cl2NOS. The van der Waals surface area contributed by atoms with Crippen molar-refractivity contribution in [2.45, 2.75) is 4.90 Å². The second-order valence-electron chi connectivity index (χ2n) is 3.63. The van der Waals surface area contributed by atoms with E-state index in [4.69, 9.17) is 23.2 Å². The molecule has 92 valence electrons. The van der Waals surface area contributed by atoms with Crippen LogP contribution in [0.5, 0.6) is 0 Å². The lowest BCUT2D eigenvalue weighted by Crippen LogP contribution is -2.12. The first kappa shape index (κ1) is 13.3. The van der Waals surface area contributed by atoms with Gasteiger partial charge in [0.05, 0.1) is 10.6 Å². The summed E-state index contributed by atoms with van der Waals surface area (Å²) in [7, 11) is 0. The summed E-state index contributed by atoms with van der Waals surface area (Å²) in [4.78, 5) is 12.7. The van der Waals surface area contributed by atoms with Crippen LogP contribution in [0.4, 0.5) is 5.69 Å². The van der Waals surface area contributed by atoms with E-state index in [2.05, 4.69) is 17.9 Å². The number of hydrogen-bond acceptors (Lipinski definition) is 2. The second kappa shape index (κ2) is 5.65. The van der Waals surface area contributed by atoms with Crippen molar-refractivity contribution in [3.63, 3.8) is 0 Å². The molecule has 2 nitrogen and oxygen atoms in total. The summed E-state index contributed by atoms with van der Waals surface area (Å²) in [5.41, 5.74) is 1.05. The van der Waals surface area contributed by atoms with Crippen LogP contribution in [-0.2, 0) is 0 Å². The largest absolute Gasteiger partial charge is 0.322 e. The Kier molecular flexibility index (Phi) is 4.17. The zero-order valence-electron chi connectivity index (χ0n) is 9.15. The van der Waals surface area contributed by atoms with Gasteiger partial charge >= 0.3 is 0 Å². The predicted octanol–water partition coefficient (Wildman–Crippen LogP) is 4.53. The molecule has 0 unspecified atom stereocenters.